The summed E-state index contributed by atoms with van der Waals surface area (Å²) in [5, 5.41) is 13.2. The number of carboxylic acid groups (broad SMARTS) is 1. The molecule has 6 heteroatoms. The molecule has 0 radical (unpaired) electrons. The van der Waals surface area contributed by atoms with Gasteiger partial charge in [0.15, 0.2) is 0 Å². The first kappa shape index (κ1) is 12.1. The SMILES string of the molecule is Cn1ccc(CN2CCOCC2CC(=O)O)n1. The van der Waals surface area contributed by atoms with Gasteiger partial charge in [-0.05, 0) is 6.07 Å². The molecule has 0 bridgehead atoms. The highest BCUT2D eigenvalue weighted by Crippen LogP contribution is 2.13. The Morgan fingerprint density at radius 1 is 1.71 bits per heavy atom. The van der Waals surface area contributed by atoms with E-state index in [1.807, 2.05) is 19.3 Å². The molecular formula is C11H17N3O3. The third kappa shape index (κ3) is 3.28. The van der Waals surface area contributed by atoms with E-state index < -0.39 is 5.97 Å². The molecule has 1 N–H and O–H groups in total. The second-order valence-electron chi connectivity index (χ2n) is 4.28. The number of nitrogens with zero attached hydrogens (tertiary/aromatic N) is 3. The molecule has 1 atom stereocenters. The standard InChI is InChI=1S/C11H17N3O3/c1-13-3-2-9(12-13)7-14-4-5-17-8-10(14)6-11(15)16/h2-3,10H,4-8H2,1H3,(H,15,16). The van der Waals surface area contributed by atoms with Crippen LogP contribution in [0.4, 0.5) is 0 Å². The average molecular weight is 239 g/mol. The monoisotopic (exact) mass is 239 g/mol. The van der Waals surface area contributed by atoms with Crippen molar-refractivity contribution in [3.63, 3.8) is 0 Å². The number of hydrogen-bond donors (Lipinski definition) is 1. The first-order valence-corrected chi connectivity index (χ1v) is 5.67. The summed E-state index contributed by atoms with van der Waals surface area (Å²) in [4.78, 5) is 12.9. The van der Waals surface area contributed by atoms with Gasteiger partial charge >= 0.3 is 5.97 Å². The third-order valence-electron chi connectivity index (χ3n) is 2.89. The molecule has 1 saturated heterocycles. The van der Waals surface area contributed by atoms with Crippen LogP contribution in [0.5, 0.6) is 0 Å². The van der Waals surface area contributed by atoms with E-state index in [0.29, 0.717) is 19.8 Å². The molecule has 6 nitrogen and oxygen atoms in total. The van der Waals surface area contributed by atoms with E-state index in [2.05, 4.69) is 10.00 Å². The Labute approximate surface area is 99.8 Å². The molecule has 94 valence electrons. The average Bonchev–Trinajstić information content (AvgIpc) is 2.66. The van der Waals surface area contributed by atoms with Crippen LogP contribution >= 0.6 is 0 Å². The molecule has 2 rings (SSSR count). The number of aromatic nitrogens is 2. The van der Waals surface area contributed by atoms with Gasteiger partial charge in [-0.1, -0.05) is 0 Å². The zero-order valence-corrected chi connectivity index (χ0v) is 9.87. The highest BCUT2D eigenvalue weighted by atomic mass is 16.5. The number of rotatable bonds is 4. The van der Waals surface area contributed by atoms with Gasteiger partial charge < -0.3 is 9.84 Å². The van der Waals surface area contributed by atoms with Crippen molar-refractivity contribution in [2.45, 2.75) is 19.0 Å². The number of carboxylic acids is 1. The number of morpholine rings is 1. The fourth-order valence-electron chi connectivity index (χ4n) is 2.04. The van der Waals surface area contributed by atoms with Crippen LogP contribution in [0.2, 0.25) is 0 Å². The molecule has 0 aliphatic carbocycles. The number of aryl methyl sites for hydroxylation is 1. The Balaban J connectivity index is 1.98. The first-order chi connectivity index (χ1) is 8.15. The maximum atomic E-state index is 10.8. The lowest BCUT2D eigenvalue weighted by Gasteiger charge is -2.34. The van der Waals surface area contributed by atoms with Crippen molar-refractivity contribution in [2.24, 2.45) is 7.05 Å². The van der Waals surface area contributed by atoms with E-state index in [9.17, 15) is 4.79 Å². The van der Waals surface area contributed by atoms with Crippen LogP contribution < -0.4 is 0 Å². The molecule has 1 aliphatic rings. The molecule has 0 amide bonds. The van der Waals surface area contributed by atoms with Crippen molar-refractivity contribution >= 4 is 5.97 Å². The second kappa shape index (κ2) is 5.29. The van der Waals surface area contributed by atoms with Gasteiger partial charge in [0.2, 0.25) is 0 Å². The number of ether oxygens (including phenoxy) is 1. The highest BCUT2D eigenvalue weighted by Gasteiger charge is 2.25. The second-order valence-corrected chi connectivity index (χ2v) is 4.28. The summed E-state index contributed by atoms with van der Waals surface area (Å²) in [6, 6.07) is 1.90. The summed E-state index contributed by atoms with van der Waals surface area (Å²) in [5.41, 5.74) is 0.963. The third-order valence-corrected chi connectivity index (χ3v) is 2.89. The van der Waals surface area contributed by atoms with Crippen LogP contribution in [0.15, 0.2) is 12.3 Å². The summed E-state index contributed by atoms with van der Waals surface area (Å²) in [5.74, 6) is -0.786. The van der Waals surface area contributed by atoms with Crippen LogP contribution in [-0.4, -0.2) is 51.6 Å². The Kier molecular flexibility index (Phi) is 3.75. The number of carbonyl (C=O) groups is 1. The van der Waals surface area contributed by atoms with E-state index >= 15 is 0 Å². The zero-order valence-electron chi connectivity index (χ0n) is 9.87. The van der Waals surface area contributed by atoms with Crippen LogP contribution in [0.1, 0.15) is 12.1 Å². The number of hydrogen-bond acceptors (Lipinski definition) is 4. The molecule has 1 aromatic rings. The Bertz CT molecular complexity index is 391. The fourth-order valence-corrected chi connectivity index (χ4v) is 2.04. The van der Waals surface area contributed by atoms with Gasteiger partial charge in [0.1, 0.15) is 0 Å². The first-order valence-electron chi connectivity index (χ1n) is 5.67. The zero-order chi connectivity index (χ0) is 12.3. The normalized spacial score (nSPS) is 21.6. The van der Waals surface area contributed by atoms with Crippen LogP contribution in [-0.2, 0) is 23.1 Å². The molecular weight excluding hydrogens is 222 g/mol. The van der Waals surface area contributed by atoms with E-state index in [1.54, 1.807) is 4.68 Å². The Hall–Kier alpha value is -1.40. The summed E-state index contributed by atoms with van der Waals surface area (Å²) in [6.45, 7) is 2.58. The lowest BCUT2D eigenvalue weighted by Crippen LogP contribution is -2.45. The highest BCUT2D eigenvalue weighted by molar-refractivity contribution is 5.67. The molecule has 0 spiro atoms. The van der Waals surface area contributed by atoms with Gasteiger partial charge in [0.05, 0.1) is 25.3 Å². The predicted molar refractivity (Wildman–Crippen MR) is 60.5 cm³/mol. The summed E-state index contributed by atoms with van der Waals surface area (Å²) in [7, 11) is 1.87. The number of aliphatic carboxylic acids is 1. The van der Waals surface area contributed by atoms with Crippen molar-refractivity contribution in [1.29, 1.82) is 0 Å². The van der Waals surface area contributed by atoms with Crippen molar-refractivity contribution in [3.05, 3.63) is 18.0 Å². The van der Waals surface area contributed by atoms with Gasteiger partial charge in [-0.3, -0.25) is 14.4 Å². The quantitative estimate of drug-likeness (QED) is 0.807. The molecule has 2 heterocycles. The molecule has 0 aromatic carbocycles. The van der Waals surface area contributed by atoms with Crippen molar-refractivity contribution in [2.75, 3.05) is 19.8 Å². The maximum Gasteiger partial charge on any atom is 0.305 e. The predicted octanol–water partition coefficient (Wildman–Crippen LogP) is 0.0956. The largest absolute Gasteiger partial charge is 0.481 e. The van der Waals surface area contributed by atoms with Crippen molar-refractivity contribution in [3.8, 4) is 0 Å². The molecule has 1 aromatic heterocycles. The van der Waals surface area contributed by atoms with E-state index in [-0.39, 0.29) is 12.5 Å². The minimum Gasteiger partial charge on any atom is -0.481 e. The molecule has 0 saturated carbocycles. The molecule has 1 fully saturated rings. The minimum atomic E-state index is -0.786. The molecule has 17 heavy (non-hydrogen) atoms. The van der Waals surface area contributed by atoms with E-state index in [4.69, 9.17) is 9.84 Å². The van der Waals surface area contributed by atoms with Gasteiger partial charge in [0.25, 0.3) is 0 Å². The van der Waals surface area contributed by atoms with Crippen LogP contribution in [0.3, 0.4) is 0 Å². The smallest absolute Gasteiger partial charge is 0.305 e. The lowest BCUT2D eigenvalue weighted by molar-refractivity contribution is -0.140. The Morgan fingerprint density at radius 2 is 2.53 bits per heavy atom. The fraction of sp³-hybridized carbons (Fsp3) is 0.636. The Morgan fingerprint density at radius 3 is 3.18 bits per heavy atom. The van der Waals surface area contributed by atoms with Gasteiger partial charge in [-0.15, -0.1) is 0 Å². The van der Waals surface area contributed by atoms with Gasteiger partial charge in [-0.2, -0.15) is 5.10 Å². The van der Waals surface area contributed by atoms with Gasteiger partial charge in [-0.25, -0.2) is 0 Å². The minimum absolute atomic E-state index is 0.0525. The summed E-state index contributed by atoms with van der Waals surface area (Å²) >= 11 is 0. The van der Waals surface area contributed by atoms with Crippen molar-refractivity contribution in [1.82, 2.24) is 14.7 Å². The van der Waals surface area contributed by atoms with Gasteiger partial charge in [0, 0.05) is 32.4 Å². The van der Waals surface area contributed by atoms with Crippen LogP contribution in [0, 0.1) is 0 Å². The summed E-state index contributed by atoms with van der Waals surface area (Å²) in [6.07, 6.45) is 2.01. The topological polar surface area (TPSA) is 67.6 Å². The molecule has 1 unspecified atom stereocenters. The van der Waals surface area contributed by atoms with E-state index in [0.717, 1.165) is 12.2 Å². The maximum absolute atomic E-state index is 10.8. The van der Waals surface area contributed by atoms with E-state index in [1.165, 1.54) is 0 Å². The van der Waals surface area contributed by atoms with Crippen LogP contribution in [0.25, 0.3) is 0 Å². The molecule has 1 aliphatic heterocycles. The van der Waals surface area contributed by atoms with Crippen molar-refractivity contribution < 1.29 is 14.6 Å². The lowest BCUT2D eigenvalue weighted by atomic mass is 10.1. The summed E-state index contributed by atoms with van der Waals surface area (Å²) < 4.78 is 7.08.